The van der Waals surface area contributed by atoms with Crippen LogP contribution in [0.4, 0.5) is 0 Å². The van der Waals surface area contributed by atoms with E-state index >= 15 is 0 Å². The highest BCUT2D eigenvalue weighted by molar-refractivity contribution is 6.08. The first kappa shape index (κ1) is 16.7. The Hall–Kier alpha value is -2.43. The molecule has 27 heavy (non-hydrogen) atoms. The number of rotatable bonds is 2. The van der Waals surface area contributed by atoms with Crippen molar-refractivity contribution in [1.82, 2.24) is 4.90 Å². The summed E-state index contributed by atoms with van der Waals surface area (Å²) in [5.74, 6) is -0.0822. The first-order valence-electron chi connectivity index (χ1n) is 9.72. The van der Waals surface area contributed by atoms with Gasteiger partial charge in [-0.05, 0) is 44.7 Å². The van der Waals surface area contributed by atoms with Crippen LogP contribution in [0, 0.1) is 29.6 Å². The Kier molecular flexibility index (Phi) is 3.43. The molecule has 2 amide bonds. The molecule has 0 radical (unpaired) electrons. The minimum Gasteiger partial charge on any atom is -0.391 e. The van der Waals surface area contributed by atoms with E-state index in [0.29, 0.717) is 0 Å². The molecule has 0 aromatic heterocycles. The summed E-state index contributed by atoms with van der Waals surface area (Å²) in [6, 6.07) is 10.1. The van der Waals surface area contributed by atoms with Crippen LogP contribution in [0.25, 0.3) is 6.08 Å². The summed E-state index contributed by atoms with van der Waals surface area (Å²) in [6.45, 7) is 5.79. The van der Waals surface area contributed by atoms with Crippen molar-refractivity contribution in [3.8, 4) is 0 Å². The van der Waals surface area contributed by atoms with Gasteiger partial charge in [0.1, 0.15) is 6.10 Å². The Morgan fingerprint density at radius 1 is 1.00 bits per heavy atom. The predicted molar refractivity (Wildman–Crippen MR) is 101 cm³/mol. The van der Waals surface area contributed by atoms with E-state index in [2.05, 4.69) is 5.16 Å². The van der Waals surface area contributed by atoms with Crippen LogP contribution in [0.15, 0.2) is 41.6 Å². The fraction of sp³-hybridized carbons (Fsp3) is 0.500. The molecule has 2 heterocycles. The molecule has 1 aromatic rings. The van der Waals surface area contributed by atoms with E-state index in [1.54, 1.807) is 0 Å². The van der Waals surface area contributed by atoms with Crippen LogP contribution >= 0.6 is 0 Å². The van der Waals surface area contributed by atoms with Crippen molar-refractivity contribution in [2.24, 2.45) is 34.7 Å². The third-order valence-electron chi connectivity index (χ3n) is 6.64. The molecule has 0 N–H and O–H groups in total. The van der Waals surface area contributed by atoms with Gasteiger partial charge in [0.25, 0.3) is 0 Å². The van der Waals surface area contributed by atoms with Crippen molar-refractivity contribution in [3.05, 3.63) is 42.0 Å². The lowest BCUT2D eigenvalue weighted by Gasteiger charge is -2.31. The molecule has 5 rings (SSSR count). The van der Waals surface area contributed by atoms with Gasteiger partial charge < -0.3 is 4.84 Å². The maximum atomic E-state index is 13.1. The topological polar surface area (TPSA) is 59.0 Å². The molecule has 2 aliphatic heterocycles. The fourth-order valence-corrected chi connectivity index (χ4v) is 5.70. The number of carbonyl (C=O) groups is 2. The van der Waals surface area contributed by atoms with E-state index < -0.39 is 5.54 Å². The van der Waals surface area contributed by atoms with E-state index in [1.807, 2.05) is 63.3 Å². The first-order valence-corrected chi connectivity index (χ1v) is 9.72. The number of imide groups is 1. The number of likely N-dealkylation sites (tertiary alicyclic amines) is 1. The van der Waals surface area contributed by atoms with E-state index in [9.17, 15) is 9.59 Å². The van der Waals surface area contributed by atoms with E-state index in [1.165, 1.54) is 4.90 Å². The maximum absolute atomic E-state index is 13.1. The second-order valence-corrected chi connectivity index (χ2v) is 9.15. The van der Waals surface area contributed by atoms with E-state index in [4.69, 9.17) is 4.84 Å². The number of amides is 2. The van der Waals surface area contributed by atoms with Gasteiger partial charge in [-0.1, -0.05) is 41.6 Å². The highest BCUT2D eigenvalue weighted by Gasteiger charge is 2.70. The number of hydrogen-bond donors (Lipinski definition) is 0. The van der Waals surface area contributed by atoms with E-state index in [0.717, 1.165) is 17.7 Å². The summed E-state index contributed by atoms with van der Waals surface area (Å²) in [7, 11) is 0. The highest BCUT2D eigenvalue weighted by Crippen LogP contribution is 2.61. The van der Waals surface area contributed by atoms with Gasteiger partial charge >= 0.3 is 0 Å². The van der Waals surface area contributed by atoms with Gasteiger partial charge in [0.05, 0.1) is 17.5 Å². The van der Waals surface area contributed by atoms with Gasteiger partial charge in [-0.15, -0.1) is 0 Å². The number of nitrogens with zero attached hydrogens (tertiary/aromatic N) is 2. The molecule has 140 valence electrons. The molecular formula is C22H24N2O3. The van der Waals surface area contributed by atoms with Gasteiger partial charge in [0.15, 0.2) is 0 Å². The third kappa shape index (κ3) is 2.27. The smallest absolute Gasteiger partial charge is 0.234 e. The Bertz CT molecular complexity index is 867. The Morgan fingerprint density at radius 3 is 2.33 bits per heavy atom. The molecular weight excluding hydrogens is 340 g/mol. The van der Waals surface area contributed by atoms with Gasteiger partial charge in [-0.2, -0.15) is 0 Å². The van der Waals surface area contributed by atoms with Crippen LogP contribution in [-0.4, -0.2) is 34.1 Å². The molecule has 1 saturated heterocycles. The van der Waals surface area contributed by atoms with Gasteiger partial charge in [-0.3, -0.25) is 14.5 Å². The molecule has 2 saturated carbocycles. The van der Waals surface area contributed by atoms with Crippen LogP contribution in [0.3, 0.4) is 0 Å². The number of fused-ring (bicyclic) bond motifs is 8. The summed E-state index contributed by atoms with van der Waals surface area (Å²) in [6.07, 6.45) is 4.87. The lowest BCUT2D eigenvalue weighted by molar-refractivity contribution is -0.146. The molecule has 2 bridgehead atoms. The minimum atomic E-state index is -0.474. The Balaban J connectivity index is 1.43. The summed E-state index contributed by atoms with van der Waals surface area (Å²) < 4.78 is 0. The van der Waals surface area contributed by atoms with E-state index in [-0.39, 0.29) is 47.5 Å². The predicted octanol–water partition coefficient (Wildman–Crippen LogP) is 3.12. The first-order chi connectivity index (χ1) is 12.9. The lowest BCUT2D eigenvalue weighted by Crippen LogP contribution is -2.46. The average Bonchev–Trinajstić information content (AvgIpc) is 3.33. The Morgan fingerprint density at radius 2 is 1.67 bits per heavy atom. The normalized spacial score (nSPS) is 37.0. The van der Waals surface area contributed by atoms with Gasteiger partial charge in [0.2, 0.25) is 11.8 Å². The number of hydrogen-bond acceptors (Lipinski definition) is 4. The number of oxime groups is 1. The summed E-state index contributed by atoms with van der Waals surface area (Å²) >= 11 is 0. The summed E-state index contributed by atoms with van der Waals surface area (Å²) in [5.41, 5.74) is 1.54. The Labute approximate surface area is 159 Å². The number of allylic oxidation sites excluding steroid dienone is 1. The molecule has 2 aliphatic carbocycles. The molecule has 0 unspecified atom stereocenters. The average molecular weight is 364 g/mol. The third-order valence-corrected chi connectivity index (χ3v) is 6.64. The van der Waals surface area contributed by atoms with Gasteiger partial charge in [0, 0.05) is 17.4 Å². The van der Waals surface area contributed by atoms with Crippen molar-refractivity contribution in [2.75, 3.05) is 0 Å². The zero-order valence-corrected chi connectivity index (χ0v) is 15.8. The maximum Gasteiger partial charge on any atom is 0.234 e. The standard InChI is InChI=1S/C22H24N2O3/c1-22(2,3)24-20(25)17-13-11-14(18(17)21(24)26)19-16(13)15(23-27-19)10-9-12-7-5-4-6-8-12/h4-10,13-14,16-19H,11H2,1-3H3/b10-9+/t13-,14-,16-,17-,18+,19-/m0/s1. The van der Waals surface area contributed by atoms with Crippen molar-refractivity contribution < 1.29 is 14.4 Å². The quantitative estimate of drug-likeness (QED) is 0.758. The summed E-state index contributed by atoms with van der Waals surface area (Å²) in [4.78, 5) is 33.4. The molecule has 5 nitrogen and oxygen atoms in total. The number of benzene rings is 1. The van der Waals surface area contributed by atoms with Crippen molar-refractivity contribution in [2.45, 2.75) is 38.8 Å². The van der Waals surface area contributed by atoms with Crippen molar-refractivity contribution >= 4 is 23.6 Å². The van der Waals surface area contributed by atoms with Crippen LogP contribution in [0.2, 0.25) is 0 Å². The second kappa shape index (κ2) is 5.54. The van der Waals surface area contributed by atoms with Crippen LogP contribution in [-0.2, 0) is 14.4 Å². The fourth-order valence-electron chi connectivity index (χ4n) is 5.70. The van der Waals surface area contributed by atoms with Crippen LogP contribution in [0.5, 0.6) is 0 Å². The molecule has 6 atom stereocenters. The molecule has 0 spiro atoms. The minimum absolute atomic E-state index is 0.00161. The monoisotopic (exact) mass is 364 g/mol. The SMILES string of the molecule is CC(C)(C)N1C(=O)[C@@H]2[C@@H]3C[C@@H]([C@H]4C(/C=C/c5ccccc5)=NO[C@@H]34)[C@@H]2C1=O. The zero-order chi connectivity index (χ0) is 18.9. The lowest BCUT2D eigenvalue weighted by atomic mass is 9.72. The number of carbonyl (C=O) groups excluding carboxylic acids is 2. The van der Waals surface area contributed by atoms with Crippen molar-refractivity contribution in [3.63, 3.8) is 0 Å². The zero-order valence-electron chi connectivity index (χ0n) is 15.8. The summed E-state index contributed by atoms with van der Waals surface area (Å²) in [5, 5.41) is 4.31. The molecule has 5 heteroatoms. The molecule has 3 fully saturated rings. The largest absolute Gasteiger partial charge is 0.391 e. The van der Waals surface area contributed by atoms with Crippen molar-refractivity contribution in [1.29, 1.82) is 0 Å². The molecule has 1 aromatic carbocycles. The molecule has 4 aliphatic rings. The van der Waals surface area contributed by atoms with Gasteiger partial charge in [-0.25, -0.2) is 0 Å². The van der Waals surface area contributed by atoms with Crippen LogP contribution < -0.4 is 0 Å². The second-order valence-electron chi connectivity index (χ2n) is 9.15. The van der Waals surface area contributed by atoms with Crippen LogP contribution in [0.1, 0.15) is 32.8 Å². The highest BCUT2D eigenvalue weighted by atomic mass is 16.6.